The molecule has 0 amide bonds. The Morgan fingerprint density at radius 1 is 1.03 bits per heavy atom. The molecule has 0 aliphatic rings. The van der Waals surface area contributed by atoms with Crippen LogP contribution in [-0.4, -0.2) is 21.8 Å². The van der Waals surface area contributed by atoms with E-state index in [0.717, 1.165) is 15.4 Å². The number of nitrogens with two attached hydrogens (primary N) is 1. The molecule has 156 valence electrons. The molecule has 0 heterocycles. The van der Waals surface area contributed by atoms with Gasteiger partial charge in [-0.05, 0) is 55.0 Å². The first kappa shape index (κ1) is 21.5. The second-order valence-corrected chi connectivity index (χ2v) is 7.31. The zero-order chi connectivity index (χ0) is 21.7. The lowest BCUT2D eigenvalue weighted by Crippen LogP contribution is -2.22. The van der Waals surface area contributed by atoms with Crippen molar-refractivity contribution in [2.75, 3.05) is 11.4 Å². The molecule has 30 heavy (non-hydrogen) atoms. The summed E-state index contributed by atoms with van der Waals surface area (Å²) < 4.78 is 33.9. The summed E-state index contributed by atoms with van der Waals surface area (Å²) in [5.74, 6) is 0.292. The third kappa shape index (κ3) is 4.85. The number of benzene rings is 3. The Kier molecular flexibility index (Phi) is 6.83. The number of carbonyl (C=O) groups is 1. The molecular weight excluding hydrogens is 404 g/mol. The van der Waals surface area contributed by atoms with E-state index >= 15 is 0 Å². The van der Waals surface area contributed by atoms with Crippen LogP contribution in [-0.2, 0) is 22.5 Å². The van der Waals surface area contributed by atoms with Crippen molar-refractivity contribution >= 4 is 28.6 Å². The summed E-state index contributed by atoms with van der Waals surface area (Å²) in [6.45, 7) is 2.34. The first-order valence-electron chi connectivity index (χ1n) is 9.10. The van der Waals surface area contributed by atoms with E-state index in [1.54, 1.807) is 36.4 Å². The van der Waals surface area contributed by atoms with E-state index in [1.807, 2.05) is 31.2 Å². The first-order valence-corrected chi connectivity index (χ1v) is 10.2. The highest BCUT2D eigenvalue weighted by molar-refractivity contribution is 7.81. The molecule has 8 heteroatoms. The summed E-state index contributed by atoms with van der Waals surface area (Å²) in [5.41, 5.74) is 8.34. The van der Waals surface area contributed by atoms with Gasteiger partial charge in [-0.1, -0.05) is 29.8 Å². The monoisotopic (exact) mass is 426 g/mol. The van der Waals surface area contributed by atoms with Gasteiger partial charge >= 0.3 is 5.97 Å². The van der Waals surface area contributed by atoms with Crippen molar-refractivity contribution < 1.29 is 23.0 Å². The van der Waals surface area contributed by atoms with Crippen molar-refractivity contribution in [2.45, 2.75) is 13.5 Å². The Morgan fingerprint density at radius 3 is 2.23 bits per heavy atom. The highest BCUT2D eigenvalue weighted by atomic mass is 32.2. The van der Waals surface area contributed by atoms with Gasteiger partial charge < -0.3 is 15.2 Å². The highest BCUT2D eigenvalue weighted by Gasteiger charge is 2.23. The van der Waals surface area contributed by atoms with Gasteiger partial charge in [0.1, 0.15) is 11.5 Å². The summed E-state index contributed by atoms with van der Waals surface area (Å²) in [6, 6.07) is 18.9. The predicted octanol–water partition coefficient (Wildman–Crippen LogP) is 4.31. The Labute approximate surface area is 177 Å². The number of aryl methyl sites for hydroxylation is 1. The largest absolute Gasteiger partial charge is 0.465 e. The van der Waals surface area contributed by atoms with Crippen LogP contribution in [0, 0.1) is 6.92 Å². The van der Waals surface area contributed by atoms with E-state index in [9.17, 15) is 13.6 Å². The molecule has 3 aromatic carbocycles. The fraction of sp³-hybridized carbons (Fsp3) is 0.136. The molecule has 0 bridgehead atoms. The molecule has 1 atom stereocenters. The molecule has 0 aromatic heterocycles. The molecule has 0 radical (unpaired) electrons. The smallest absolute Gasteiger partial charge is 0.340 e. The minimum Gasteiger partial charge on any atom is -0.465 e. The average molecular weight is 426 g/mol. The van der Waals surface area contributed by atoms with Crippen molar-refractivity contribution in [2.24, 2.45) is 5.73 Å². The predicted molar refractivity (Wildman–Crippen MR) is 116 cm³/mol. The first-order chi connectivity index (χ1) is 14.4. The Balaban J connectivity index is 2.01. The number of esters is 1. The summed E-state index contributed by atoms with van der Waals surface area (Å²) in [4.78, 5) is 12.4. The number of methoxy groups -OCH3 is 1. The number of rotatable bonds is 7. The van der Waals surface area contributed by atoms with Gasteiger partial charge in [-0.2, -0.15) is 0 Å². The maximum Gasteiger partial charge on any atom is 0.340 e. The van der Waals surface area contributed by atoms with Crippen molar-refractivity contribution in [3.8, 4) is 11.5 Å². The van der Waals surface area contributed by atoms with Crippen LogP contribution in [0.5, 0.6) is 11.5 Å². The van der Waals surface area contributed by atoms with Gasteiger partial charge in [0.2, 0.25) is 0 Å². The maximum atomic E-state index is 12.4. The lowest BCUT2D eigenvalue weighted by molar-refractivity contribution is 0.0601. The van der Waals surface area contributed by atoms with Gasteiger partial charge in [-0.15, -0.1) is 0 Å². The fourth-order valence-corrected chi connectivity index (χ4v) is 3.48. The average Bonchev–Trinajstić information content (AvgIpc) is 2.76. The zero-order valence-corrected chi connectivity index (χ0v) is 17.4. The van der Waals surface area contributed by atoms with Crippen LogP contribution >= 0.6 is 0 Å². The third-order valence-electron chi connectivity index (χ3n) is 4.41. The van der Waals surface area contributed by atoms with Gasteiger partial charge in [0.15, 0.2) is 0 Å². The number of hydrogen-bond acceptors (Lipinski definition) is 5. The normalized spacial score (nSPS) is 11.6. The molecule has 3 N–H and O–H groups in total. The van der Waals surface area contributed by atoms with Gasteiger partial charge in [0.25, 0.3) is 11.3 Å². The number of anilines is 2. The third-order valence-corrected chi connectivity index (χ3v) is 5.13. The topological polar surface area (TPSA) is 102 Å². The van der Waals surface area contributed by atoms with Crippen LogP contribution in [0.2, 0.25) is 0 Å². The zero-order valence-electron chi connectivity index (χ0n) is 16.6. The van der Waals surface area contributed by atoms with Gasteiger partial charge in [0.05, 0.1) is 24.0 Å². The van der Waals surface area contributed by atoms with Gasteiger partial charge in [-0.3, -0.25) is 4.55 Å². The van der Waals surface area contributed by atoms with Crippen molar-refractivity contribution in [1.29, 1.82) is 0 Å². The standard InChI is InChI=1S/C22H22N2O5S/c1-15-3-7-17(8-4-15)24(30(26)27)21-12-11-19(13-20(21)22(25)28-2)29-18-9-5-16(14-23)6-10-18/h3-13H,14,23H2,1-2H3,(H,26,27). The van der Waals surface area contributed by atoms with Crippen LogP contribution in [0.3, 0.4) is 0 Å². The van der Waals surface area contributed by atoms with Crippen LogP contribution in [0.1, 0.15) is 21.5 Å². The van der Waals surface area contributed by atoms with Crippen LogP contribution in [0.25, 0.3) is 0 Å². The molecule has 0 aliphatic heterocycles. The molecule has 1 unspecified atom stereocenters. The molecule has 3 rings (SSSR count). The van der Waals surface area contributed by atoms with Crippen molar-refractivity contribution in [3.05, 3.63) is 83.4 Å². The van der Waals surface area contributed by atoms with Crippen molar-refractivity contribution in [3.63, 3.8) is 0 Å². The number of nitrogens with zero attached hydrogens (tertiary/aromatic N) is 1. The Bertz CT molecular complexity index is 1050. The molecule has 0 saturated heterocycles. The molecule has 0 fully saturated rings. The summed E-state index contributed by atoms with van der Waals surface area (Å²) in [5, 5.41) is 0. The van der Waals surface area contributed by atoms with E-state index in [-0.39, 0.29) is 11.3 Å². The quantitative estimate of drug-likeness (QED) is 0.431. The van der Waals surface area contributed by atoms with Gasteiger partial charge in [-0.25, -0.2) is 13.3 Å². The van der Waals surface area contributed by atoms with E-state index in [0.29, 0.717) is 23.7 Å². The van der Waals surface area contributed by atoms with E-state index in [2.05, 4.69) is 0 Å². The SMILES string of the molecule is COC(=O)c1cc(Oc2ccc(CN)cc2)ccc1N(c1ccc(C)cc1)S(=O)O. The minimum atomic E-state index is -2.42. The molecular formula is C22H22N2O5S. The van der Waals surface area contributed by atoms with E-state index in [4.69, 9.17) is 15.2 Å². The van der Waals surface area contributed by atoms with Crippen molar-refractivity contribution in [1.82, 2.24) is 0 Å². The Morgan fingerprint density at radius 2 is 1.67 bits per heavy atom. The molecule has 0 aliphatic carbocycles. The second-order valence-electron chi connectivity index (χ2n) is 6.48. The second kappa shape index (κ2) is 9.53. The van der Waals surface area contributed by atoms with E-state index in [1.165, 1.54) is 13.2 Å². The number of ether oxygens (including phenoxy) is 2. The highest BCUT2D eigenvalue weighted by Crippen LogP contribution is 2.34. The number of carbonyl (C=O) groups excluding carboxylic acids is 1. The van der Waals surface area contributed by atoms with E-state index < -0.39 is 17.2 Å². The lowest BCUT2D eigenvalue weighted by Gasteiger charge is -2.23. The maximum absolute atomic E-state index is 12.4. The molecule has 7 nitrogen and oxygen atoms in total. The van der Waals surface area contributed by atoms with Crippen LogP contribution in [0.15, 0.2) is 66.7 Å². The van der Waals surface area contributed by atoms with Gasteiger partial charge in [0, 0.05) is 6.54 Å². The molecule has 0 saturated carbocycles. The fourth-order valence-electron chi connectivity index (χ4n) is 2.85. The summed E-state index contributed by atoms with van der Waals surface area (Å²) in [7, 11) is 1.25. The van der Waals surface area contributed by atoms with Crippen LogP contribution in [0.4, 0.5) is 11.4 Å². The van der Waals surface area contributed by atoms with Crippen LogP contribution < -0.4 is 14.8 Å². The lowest BCUT2D eigenvalue weighted by atomic mass is 10.1. The molecule has 0 spiro atoms. The minimum absolute atomic E-state index is 0.0940. The summed E-state index contributed by atoms with van der Waals surface area (Å²) in [6.07, 6.45) is 0. The Hall–Kier alpha value is -3.20. The molecule has 3 aromatic rings. The summed E-state index contributed by atoms with van der Waals surface area (Å²) >= 11 is -2.42. The number of hydrogen-bond donors (Lipinski definition) is 2.